The first kappa shape index (κ1) is 31.3. The van der Waals surface area contributed by atoms with Crippen LogP contribution in [0.25, 0.3) is 0 Å². The van der Waals surface area contributed by atoms with Crippen LogP contribution in [-0.4, -0.2) is 96.6 Å². The number of alkyl halides is 3. The molecule has 0 radical (unpaired) electrons. The Morgan fingerprint density at radius 1 is 1.10 bits per heavy atom. The molecule has 0 aromatic heterocycles. The summed E-state index contributed by atoms with van der Waals surface area (Å²) in [6, 6.07) is -4.09. The van der Waals surface area contributed by atoms with Gasteiger partial charge >= 0.3 is 12.1 Å². The number of carbonyl (C=O) groups excluding carboxylic acids is 6. The van der Waals surface area contributed by atoms with Gasteiger partial charge in [0.15, 0.2) is 0 Å². The van der Waals surface area contributed by atoms with Crippen molar-refractivity contribution in [3.05, 3.63) is 0 Å². The van der Waals surface area contributed by atoms with Crippen LogP contribution >= 0.6 is 0 Å². The van der Waals surface area contributed by atoms with Crippen molar-refractivity contribution in [1.29, 1.82) is 0 Å². The number of nitrogens with zero attached hydrogens (tertiary/aromatic N) is 2. The number of hydrogen-bond acceptors (Lipinski definition) is 6. The van der Waals surface area contributed by atoms with E-state index in [9.17, 15) is 41.9 Å². The highest BCUT2D eigenvalue weighted by Gasteiger charge is 2.70. The van der Waals surface area contributed by atoms with Crippen LogP contribution in [0.1, 0.15) is 47.5 Å². The molecular weight excluding hydrogens is 535 g/mol. The average Bonchev–Trinajstić information content (AvgIpc) is 3.18. The number of Topliss-reactive ketones (excluding diaryl/α,β-unsaturated/α-hetero) is 1. The van der Waals surface area contributed by atoms with Crippen LogP contribution in [-0.2, 0) is 28.8 Å². The second-order valence-corrected chi connectivity index (χ2v) is 12.8. The molecule has 0 bridgehead atoms. The van der Waals surface area contributed by atoms with Crippen molar-refractivity contribution >= 4 is 35.3 Å². The van der Waals surface area contributed by atoms with Gasteiger partial charge in [0.2, 0.25) is 23.5 Å². The van der Waals surface area contributed by atoms with E-state index in [4.69, 9.17) is 0 Å². The number of ketones is 1. The lowest BCUT2D eigenvalue weighted by atomic mass is 9.85. The lowest BCUT2D eigenvalue weighted by Crippen LogP contribution is -2.61. The topological polar surface area (TPSA) is 145 Å². The van der Waals surface area contributed by atoms with Crippen molar-refractivity contribution in [3.8, 4) is 0 Å². The van der Waals surface area contributed by atoms with Crippen molar-refractivity contribution < 1.29 is 41.9 Å². The minimum Gasteiger partial charge on any atom is -0.356 e. The predicted molar refractivity (Wildman–Crippen MR) is 135 cm³/mol. The largest absolute Gasteiger partial charge is 0.471 e. The van der Waals surface area contributed by atoms with Crippen molar-refractivity contribution in [1.82, 2.24) is 25.8 Å². The Morgan fingerprint density at radius 2 is 1.70 bits per heavy atom. The molecule has 14 heteroatoms. The zero-order valence-electron chi connectivity index (χ0n) is 23.8. The first-order valence-electron chi connectivity index (χ1n) is 13.2. The summed E-state index contributed by atoms with van der Waals surface area (Å²) < 4.78 is 39.2. The van der Waals surface area contributed by atoms with Crippen LogP contribution in [0.5, 0.6) is 0 Å². The van der Waals surface area contributed by atoms with Crippen LogP contribution in [0, 0.1) is 28.6 Å². The summed E-state index contributed by atoms with van der Waals surface area (Å²) in [6.07, 6.45) is -4.93. The van der Waals surface area contributed by atoms with Crippen LogP contribution in [0.3, 0.4) is 0 Å². The van der Waals surface area contributed by atoms with Crippen LogP contribution in [0.2, 0.25) is 0 Å². The highest BCUT2D eigenvalue weighted by atomic mass is 19.4. The van der Waals surface area contributed by atoms with E-state index in [1.165, 1.54) is 39.8 Å². The van der Waals surface area contributed by atoms with E-state index in [2.05, 4.69) is 10.6 Å². The van der Waals surface area contributed by atoms with Crippen LogP contribution < -0.4 is 16.0 Å². The number of likely N-dealkylation sites (tertiary alicyclic amines) is 1. The van der Waals surface area contributed by atoms with Gasteiger partial charge in [-0.3, -0.25) is 28.8 Å². The van der Waals surface area contributed by atoms with Gasteiger partial charge in [-0.05, 0) is 35.5 Å². The van der Waals surface area contributed by atoms with Gasteiger partial charge in [0.25, 0.3) is 5.91 Å². The second-order valence-electron chi connectivity index (χ2n) is 12.8. The fraction of sp³-hybridized carbons (Fsp3) is 0.769. The molecule has 3 N–H and O–H groups in total. The molecule has 2 heterocycles. The number of hydrogen-bond donors (Lipinski definition) is 3. The normalized spacial score (nSPS) is 26.8. The highest BCUT2D eigenvalue weighted by Crippen LogP contribution is 2.65. The molecule has 2 saturated heterocycles. The lowest BCUT2D eigenvalue weighted by molar-refractivity contribution is -0.176. The molecule has 5 amide bonds. The number of rotatable bonds is 8. The maximum atomic E-state index is 13.8. The van der Waals surface area contributed by atoms with E-state index in [1.807, 2.05) is 13.8 Å². The zero-order chi connectivity index (χ0) is 30.5. The fourth-order valence-electron chi connectivity index (χ4n) is 5.85. The molecule has 3 aliphatic rings. The van der Waals surface area contributed by atoms with Crippen molar-refractivity contribution in [2.45, 2.75) is 71.8 Å². The molecule has 1 unspecified atom stereocenters. The summed E-state index contributed by atoms with van der Waals surface area (Å²) in [5.41, 5.74) is -1.50. The monoisotopic (exact) mass is 573 g/mol. The Kier molecular flexibility index (Phi) is 8.35. The fourth-order valence-corrected chi connectivity index (χ4v) is 5.85. The summed E-state index contributed by atoms with van der Waals surface area (Å²) in [5, 5.41) is 7.02. The number of halogens is 3. The molecule has 224 valence electrons. The van der Waals surface area contributed by atoms with E-state index in [1.54, 1.807) is 5.32 Å². The standard InChI is InChI=1S/C26H38F3N5O6/c1-24(2,3)18(32-23(40)26(27,28)29)22(39)34-11-13-15(25(13,4)5)16(34)20(37)31-14(17(35)21(38)33(6)7)10-12-8-9-30-19(12)36/h12-16,18H,8-11H2,1-7H3,(H,30,36)(H,31,37)(H,32,40)/t12-,13-,14?,15-,16-,18+/m0/s1. The third-order valence-corrected chi connectivity index (χ3v) is 8.34. The molecule has 40 heavy (non-hydrogen) atoms. The van der Waals surface area contributed by atoms with Crippen LogP contribution in [0.4, 0.5) is 13.2 Å². The number of amides is 5. The molecule has 1 saturated carbocycles. The van der Waals surface area contributed by atoms with Crippen molar-refractivity contribution in [2.24, 2.45) is 28.6 Å². The molecule has 11 nitrogen and oxygen atoms in total. The molecule has 0 spiro atoms. The Morgan fingerprint density at radius 3 is 2.17 bits per heavy atom. The van der Waals surface area contributed by atoms with Gasteiger partial charge in [-0.1, -0.05) is 34.6 Å². The van der Waals surface area contributed by atoms with E-state index in [0.717, 1.165) is 4.90 Å². The summed E-state index contributed by atoms with van der Waals surface area (Å²) in [5.74, 6) is -7.08. The summed E-state index contributed by atoms with van der Waals surface area (Å²) in [7, 11) is 2.75. The molecule has 0 aromatic carbocycles. The molecule has 6 atom stereocenters. The van der Waals surface area contributed by atoms with E-state index >= 15 is 0 Å². The Labute approximate surface area is 230 Å². The van der Waals surface area contributed by atoms with Gasteiger partial charge < -0.3 is 25.8 Å². The third kappa shape index (κ3) is 6.09. The Hall–Kier alpha value is -3.19. The number of fused-ring (bicyclic) bond motifs is 1. The summed E-state index contributed by atoms with van der Waals surface area (Å²) in [6.45, 7) is 8.75. The van der Waals surface area contributed by atoms with Gasteiger partial charge in [-0.25, -0.2) is 0 Å². The Bertz CT molecular complexity index is 1100. The smallest absolute Gasteiger partial charge is 0.356 e. The maximum Gasteiger partial charge on any atom is 0.471 e. The molecule has 3 fully saturated rings. The van der Waals surface area contributed by atoms with Gasteiger partial charge in [-0.2, -0.15) is 13.2 Å². The van der Waals surface area contributed by atoms with Gasteiger partial charge in [0, 0.05) is 33.1 Å². The average molecular weight is 574 g/mol. The minimum atomic E-state index is -5.21. The maximum absolute atomic E-state index is 13.8. The SMILES string of the molecule is CN(C)C(=O)C(=O)C(C[C@@H]1CCNC1=O)NC(=O)[C@@H]1[C@@H]2[C@H](CN1C(=O)[C@@H](NC(=O)C(F)(F)F)C(C)(C)C)C2(C)C. The van der Waals surface area contributed by atoms with Gasteiger partial charge in [0.1, 0.15) is 12.1 Å². The third-order valence-electron chi connectivity index (χ3n) is 8.34. The molecule has 3 rings (SSSR count). The number of nitrogens with one attached hydrogen (secondary N) is 3. The number of likely N-dealkylation sites (N-methyl/N-ethyl adjacent to an activating group) is 1. The second kappa shape index (κ2) is 10.7. The summed E-state index contributed by atoms with van der Waals surface area (Å²) >= 11 is 0. The van der Waals surface area contributed by atoms with Crippen molar-refractivity contribution in [3.63, 3.8) is 0 Å². The van der Waals surface area contributed by atoms with Crippen molar-refractivity contribution in [2.75, 3.05) is 27.2 Å². The first-order valence-corrected chi connectivity index (χ1v) is 13.2. The molecule has 0 aromatic rings. The quantitative estimate of drug-likeness (QED) is 0.355. The van der Waals surface area contributed by atoms with E-state index in [0.29, 0.717) is 13.0 Å². The predicted octanol–water partition coefficient (Wildman–Crippen LogP) is 0.231. The number of piperidine rings is 1. The van der Waals surface area contributed by atoms with E-state index < -0.39 is 65.0 Å². The first-order chi connectivity index (χ1) is 18.2. The van der Waals surface area contributed by atoms with E-state index in [-0.39, 0.29) is 36.1 Å². The molecule has 2 aliphatic heterocycles. The lowest BCUT2D eigenvalue weighted by Gasteiger charge is -2.38. The molecule has 1 aliphatic carbocycles. The summed E-state index contributed by atoms with van der Waals surface area (Å²) in [4.78, 5) is 79.2. The van der Waals surface area contributed by atoms with Gasteiger partial charge in [-0.15, -0.1) is 0 Å². The zero-order valence-corrected chi connectivity index (χ0v) is 23.8. The van der Waals surface area contributed by atoms with Gasteiger partial charge in [0.05, 0.1) is 6.04 Å². The Balaban J connectivity index is 1.90. The number of carbonyl (C=O) groups is 6. The highest BCUT2D eigenvalue weighted by molar-refractivity contribution is 6.38. The van der Waals surface area contributed by atoms with Crippen LogP contribution in [0.15, 0.2) is 0 Å². The minimum absolute atomic E-state index is 0.0727. The molecular formula is C26H38F3N5O6.